The molecule has 0 aliphatic carbocycles. The second kappa shape index (κ2) is 7.07. The molecule has 0 unspecified atom stereocenters. The number of anilines is 1. The van der Waals surface area contributed by atoms with Crippen LogP contribution in [0.15, 0.2) is 0 Å². The second-order valence-corrected chi connectivity index (χ2v) is 8.11. The molecule has 0 amide bonds. The first-order chi connectivity index (χ1) is 9.85. The molecule has 0 atom stereocenters. The quantitative estimate of drug-likeness (QED) is 0.906. The Kier molecular flexibility index (Phi) is 5.63. The van der Waals surface area contributed by atoms with E-state index in [1.807, 2.05) is 11.3 Å². The number of aryl methyl sites for hydroxylation is 1. The van der Waals surface area contributed by atoms with Gasteiger partial charge in [0, 0.05) is 43.8 Å². The van der Waals surface area contributed by atoms with Gasteiger partial charge in [0.05, 0.1) is 5.69 Å². The molecule has 1 fully saturated rings. The van der Waals surface area contributed by atoms with Crippen LogP contribution >= 0.6 is 11.3 Å². The van der Waals surface area contributed by atoms with E-state index in [1.165, 1.54) is 17.7 Å². The van der Waals surface area contributed by atoms with Crippen LogP contribution in [-0.4, -0.2) is 37.3 Å². The summed E-state index contributed by atoms with van der Waals surface area (Å²) in [6.07, 6.45) is 2.35. The van der Waals surface area contributed by atoms with E-state index in [-0.39, 0.29) is 5.54 Å². The average Bonchev–Trinajstić information content (AvgIpc) is 2.78. The smallest absolute Gasteiger partial charge is 0.185 e. The van der Waals surface area contributed by atoms with Crippen LogP contribution in [0.1, 0.15) is 44.2 Å². The van der Waals surface area contributed by atoms with Crippen LogP contribution in [0.3, 0.4) is 0 Å². The minimum Gasteiger partial charge on any atom is -0.381 e. The summed E-state index contributed by atoms with van der Waals surface area (Å²) in [4.78, 5) is 8.41. The van der Waals surface area contributed by atoms with Crippen LogP contribution in [-0.2, 0) is 11.3 Å². The molecule has 0 aromatic carbocycles. The van der Waals surface area contributed by atoms with Gasteiger partial charge in [-0.1, -0.05) is 0 Å². The molecule has 0 bridgehead atoms. The third kappa shape index (κ3) is 5.24. The van der Waals surface area contributed by atoms with Crippen molar-refractivity contribution in [2.24, 2.45) is 5.92 Å². The molecular formula is C16H29N3OS. The van der Waals surface area contributed by atoms with Crippen molar-refractivity contribution in [1.29, 1.82) is 0 Å². The fourth-order valence-electron chi connectivity index (χ4n) is 2.48. The van der Waals surface area contributed by atoms with Gasteiger partial charge in [0.1, 0.15) is 0 Å². The highest BCUT2D eigenvalue weighted by atomic mass is 32.1. The Morgan fingerprint density at radius 1 is 1.33 bits per heavy atom. The van der Waals surface area contributed by atoms with E-state index in [4.69, 9.17) is 9.72 Å². The Morgan fingerprint density at radius 2 is 2.00 bits per heavy atom. The van der Waals surface area contributed by atoms with Gasteiger partial charge >= 0.3 is 0 Å². The number of rotatable bonds is 5. The van der Waals surface area contributed by atoms with Gasteiger partial charge in [-0.2, -0.15) is 0 Å². The zero-order chi connectivity index (χ0) is 15.5. The van der Waals surface area contributed by atoms with E-state index in [1.54, 1.807) is 0 Å². The van der Waals surface area contributed by atoms with Crippen LogP contribution in [0.2, 0.25) is 0 Å². The van der Waals surface area contributed by atoms with Gasteiger partial charge in [0.2, 0.25) is 0 Å². The third-order valence-electron chi connectivity index (χ3n) is 3.86. The fourth-order valence-corrected chi connectivity index (χ4v) is 3.45. The summed E-state index contributed by atoms with van der Waals surface area (Å²) in [7, 11) is 2.16. The van der Waals surface area contributed by atoms with Gasteiger partial charge in [-0.15, -0.1) is 11.3 Å². The molecule has 0 spiro atoms. The first-order valence-electron chi connectivity index (χ1n) is 7.85. The molecule has 1 N–H and O–H groups in total. The highest BCUT2D eigenvalue weighted by molar-refractivity contribution is 7.15. The van der Waals surface area contributed by atoms with Crippen molar-refractivity contribution in [3.63, 3.8) is 0 Å². The Hall–Kier alpha value is -0.650. The maximum atomic E-state index is 5.43. The maximum Gasteiger partial charge on any atom is 0.185 e. The van der Waals surface area contributed by atoms with Gasteiger partial charge in [0.25, 0.3) is 0 Å². The molecule has 2 rings (SSSR count). The highest BCUT2D eigenvalue weighted by Crippen LogP contribution is 2.27. The van der Waals surface area contributed by atoms with Crippen molar-refractivity contribution < 1.29 is 4.74 Å². The molecule has 2 heterocycles. The summed E-state index contributed by atoms with van der Waals surface area (Å²) in [5, 5.41) is 4.69. The van der Waals surface area contributed by atoms with Crippen molar-refractivity contribution in [1.82, 2.24) is 10.3 Å². The van der Waals surface area contributed by atoms with Crippen LogP contribution in [0.25, 0.3) is 0 Å². The molecule has 1 aromatic heterocycles. The van der Waals surface area contributed by atoms with Crippen molar-refractivity contribution in [3.8, 4) is 0 Å². The van der Waals surface area contributed by atoms with E-state index in [2.05, 4.69) is 45.0 Å². The Bertz CT molecular complexity index is 447. The number of hydrogen-bond acceptors (Lipinski definition) is 5. The summed E-state index contributed by atoms with van der Waals surface area (Å²) in [6, 6.07) is 0. The van der Waals surface area contributed by atoms with Gasteiger partial charge < -0.3 is 15.0 Å². The molecule has 1 saturated heterocycles. The number of aromatic nitrogens is 1. The van der Waals surface area contributed by atoms with E-state index in [0.29, 0.717) is 0 Å². The lowest BCUT2D eigenvalue weighted by atomic mass is 10.0. The molecule has 5 heteroatoms. The average molecular weight is 311 g/mol. The van der Waals surface area contributed by atoms with E-state index >= 15 is 0 Å². The van der Waals surface area contributed by atoms with Gasteiger partial charge in [-0.25, -0.2) is 4.98 Å². The summed E-state index contributed by atoms with van der Waals surface area (Å²) >= 11 is 1.82. The molecule has 1 aliphatic heterocycles. The lowest BCUT2D eigenvalue weighted by molar-refractivity contribution is 0.0685. The first-order valence-corrected chi connectivity index (χ1v) is 8.67. The molecule has 4 nitrogen and oxygen atoms in total. The van der Waals surface area contributed by atoms with E-state index < -0.39 is 0 Å². The number of thiazole rings is 1. The molecular weight excluding hydrogens is 282 g/mol. The predicted molar refractivity (Wildman–Crippen MR) is 90.3 cm³/mol. The Labute approximate surface area is 132 Å². The number of ether oxygens (including phenoxy) is 1. The SMILES string of the molecule is Cc1nc(N(C)CC2CCOCC2)sc1CNC(C)(C)C. The van der Waals surface area contributed by atoms with Crippen molar-refractivity contribution in [2.75, 3.05) is 31.7 Å². The summed E-state index contributed by atoms with van der Waals surface area (Å²) in [5.74, 6) is 0.740. The topological polar surface area (TPSA) is 37.4 Å². The van der Waals surface area contributed by atoms with Crippen LogP contribution in [0.4, 0.5) is 5.13 Å². The van der Waals surface area contributed by atoms with Crippen molar-refractivity contribution in [2.45, 2.75) is 52.6 Å². The molecule has 21 heavy (non-hydrogen) atoms. The summed E-state index contributed by atoms with van der Waals surface area (Å²) in [5.41, 5.74) is 1.30. The summed E-state index contributed by atoms with van der Waals surface area (Å²) in [6.45, 7) is 12.5. The van der Waals surface area contributed by atoms with Crippen LogP contribution < -0.4 is 10.2 Å². The van der Waals surface area contributed by atoms with Crippen LogP contribution in [0, 0.1) is 12.8 Å². The Morgan fingerprint density at radius 3 is 2.62 bits per heavy atom. The van der Waals surface area contributed by atoms with Gasteiger partial charge in [0.15, 0.2) is 5.13 Å². The van der Waals surface area contributed by atoms with E-state index in [9.17, 15) is 0 Å². The lowest BCUT2D eigenvalue weighted by Crippen LogP contribution is -2.34. The monoisotopic (exact) mass is 311 g/mol. The van der Waals surface area contributed by atoms with Gasteiger partial charge in [-0.3, -0.25) is 0 Å². The van der Waals surface area contributed by atoms with Crippen LogP contribution in [0.5, 0.6) is 0 Å². The first kappa shape index (κ1) is 16.7. The minimum absolute atomic E-state index is 0.143. The minimum atomic E-state index is 0.143. The third-order valence-corrected chi connectivity index (χ3v) is 5.13. The Balaban J connectivity index is 1.93. The normalized spacial score (nSPS) is 17.2. The summed E-state index contributed by atoms with van der Waals surface area (Å²) < 4.78 is 5.43. The lowest BCUT2D eigenvalue weighted by Gasteiger charge is -2.26. The number of nitrogens with one attached hydrogen (secondary N) is 1. The molecule has 0 radical (unpaired) electrons. The van der Waals surface area contributed by atoms with Crippen molar-refractivity contribution >= 4 is 16.5 Å². The molecule has 1 aliphatic rings. The van der Waals surface area contributed by atoms with Crippen molar-refractivity contribution in [3.05, 3.63) is 10.6 Å². The molecule has 1 aromatic rings. The zero-order valence-electron chi connectivity index (χ0n) is 14.0. The fraction of sp³-hybridized carbons (Fsp3) is 0.812. The largest absolute Gasteiger partial charge is 0.381 e. The van der Waals surface area contributed by atoms with E-state index in [0.717, 1.165) is 43.0 Å². The van der Waals surface area contributed by atoms with Gasteiger partial charge in [-0.05, 0) is 46.5 Å². The number of nitrogens with zero attached hydrogens (tertiary/aromatic N) is 2. The molecule has 0 saturated carbocycles. The molecule has 120 valence electrons. The zero-order valence-corrected chi connectivity index (χ0v) is 14.8. The standard InChI is InChI=1S/C16H29N3OS/c1-12-14(10-17-16(2,3)4)21-15(18-12)19(5)11-13-6-8-20-9-7-13/h13,17H,6-11H2,1-5H3. The maximum absolute atomic E-state index is 5.43. The predicted octanol–water partition coefficient (Wildman–Crippen LogP) is 3.20. The highest BCUT2D eigenvalue weighted by Gasteiger charge is 2.19. The second-order valence-electron chi connectivity index (χ2n) is 7.04. The number of hydrogen-bond donors (Lipinski definition) is 1.